The first-order valence-electron chi connectivity index (χ1n) is 6.63. The van der Waals surface area contributed by atoms with E-state index < -0.39 is 0 Å². The van der Waals surface area contributed by atoms with Gasteiger partial charge in [0, 0.05) is 20.2 Å². The van der Waals surface area contributed by atoms with Crippen molar-refractivity contribution in [2.75, 3.05) is 5.32 Å². The molecule has 5 heteroatoms. The number of rotatable bonds is 5. The highest BCUT2D eigenvalue weighted by atomic mass is 79.9. The standard InChI is InChI=1S/C17H14BrCl2NO/c1-2-3-16(11-4-6-12(18)7-5-11)17(22)21-15-9-13(19)8-14(20)10-15/h2,4-10,16H,1,3H2,(H,21,22). The number of hydrogen-bond acceptors (Lipinski definition) is 1. The minimum absolute atomic E-state index is 0.124. The summed E-state index contributed by atoms with van der Waals surface area (Å²) in [6.45, 7) is 3.73. The molecule has 2 rings (SSSR count). The number of anilines is 1. The SMILES string of the molecule is C=CCC(C(=O)Nc1cc(Cl)cc(Cl)c1)c1ccc(Br)cc1. The van der Waals surface area contributed by atoms with Crippen molar-refractivity contribution in [1.29, 1.82) is 0 Å². The highest BCUT2D eigenvalue weighted by Crippen LogP contribution is 2.26. The van der Waals surface area contributed by atoms with Gasteiger partial charge in [-0.2, -0.15) is 0 Å². The third-order valence-corrected chi connectivity index (χ3v) is 4.09. The highest BCUT2D eigenvalue weighted by Gasteiger charge is 2.19. The molecule has 2 aromatic rings. The number of amides is 1. The van der Waals surface area contributed by atoms with Crippen LogP contribution in [-0.2, 0) is 4.79 Å². The number of carbonyl (C=O) groups excluding carboxylic acids is 1. The summed E-state index contributed by atoms with van der Waals surface area (Å²) in [7, 11) is 0. The minimum atomic E-state index is -0.316. The van der Waals surface area contributed by atoms with Gasteiger partial charge in [-0.1, -0.05) is 57.3 Å². The lowest BCUT2D eigenvalue weighted by atomic mass is 9.95. The van der Waals surface area contributed by atoms with Gasteiger partial charge in [0.2, 0.25) is 5.91 Å². The Labute approximate surface area is 148 Å². The Morgan fingerprint density at radius 2 is 1.77 bits per heavy atom. The fraction of sp³-hybridized carbons (Fsp3) is 0.118. The smallest absolute Gasteiger partial charge is 0.232 e. The van der Waals surface area contributed by atoms with Crippen molar-refractivity contribution in [2.24, 2.45) is 0 Å². The zero-order chi connectivity index (χ0) is 16.1. The summed E-state index contributed by atoms with van der Waals surface area (Å²) in [5.41, 5.74) is 1.50. The molecule has 1 atom stereocenters. The van der Waals surface area contributed by atoms with E-state index in [0.29, 0.717) is 22.2 Å². The van der Waals surface area contributed by atoms with E-state index in [4.69, 9.17) is 23.2 Å². The second kappa shape index (κ2) is 7.82. The molecular formula is C17H14BrCl2NO. The molecule has 0 bridgehead atoms. The molecule has 0 aliphatic rings. The van der Waals surface area contributed by atoms with E-state index in [1.165, 1.54) is 0 Å². The predicted molar refractivity (Wildman–Crippen MR) is 96.8 cm³/mol. The Balaban J connectivity index is 2.22. The summed E-state index contributed by atoms with van der Waals surface area (Å²) in [6, 6.07) is 12.6. The van der Waals surface area contributed by atoms with Crippen LogP contribution in [0.25, 0.3) is 0 Å². The van der Waals surface area contributed by atoms with Crippen molar-refractivity contribution >= 4 is 50.7 Å². The topological polar surface area (TPSA) is 29.1 Å². The van der Waals surface area contributed by atoms with Crippen molar-refractivity contribution in [1.82, 2.24) is 0 Å². The van der Waals surface area contributed by atoms with Crippen LogP contribution in [0.5, 0.6) is 0 Å². The number of halogens is 3. The van der Waals surface area contributed by atoms with Gasteiger partial charge in [-0.05, 0) is 42.3 Å². The van der Waals surface area contributed by atoms with Gasteiger partial charge < -0.3 is 5.32 Å². The quantitative estimate of drug-likeness (QED) is 0.609. The van der Waals surface area contributed by atoms with Crippen LogP contribution in [0.15, 0.2) is 59.6 Å². The molecule has 0 radical (unpaired) electrons. The van der Waals surface area contributed by atoms with Gasteiger partial charge in [0.1, 0.15) is 0 Å². The van der Waals surface area contributed by atoms with Crippen LogP contribution in [-0.4, -0.2) is 5.91 Å². The molecule has 0 fully saturated rings. The second-order valence-corrected chi connectivity index (χ2v) is 6.56. The number of hydrogen-bond donors (Lipinski definition) is 1. The molecule has 0 aliphatic carbocycles. The van der Waals surface area contributed by atoms with Crippen LogP contribution in [0, 0.1) is 0 Å². The van der Waals surface area contributed by atoms with E-state index in [1.54, 1.807) is 24.3 Å². The van der Waals surface area contributed by atoms with Gasteiger partial charge in [0.25, 0.3) is 0 Å². The number of nitrogens with one attached hydrogen (secondary N) is 1. The summed E-state index contributed by atoms with van der Waals surface area (Å²) in [5.74, 6) is -0.441. The highest BCUT2D eigenvalue weighted by molar-refractivity contribution is 9.10. The van der Waals surface area contributed by atoms with E-state index in [1.807, 2.05) is 24.3 Å². The number of allylic oxidation sites excluding steroid dienone is 1. The van der Waals surface area contributed by atoms with E-state index in [2.05, 4.69) is 27.8 Å². The lowest BCUT2D eigenvalue weighted by Gasteiger charge is -2.16. The van der Waals surface area contributed by atoms with E-state index in [-0.39, 0.29) is 11.8 Å². The molecule has 2 nitrogen and oxygen atoms in total. The summed E-state index contributed by atoms with van der Waals surface area (Å²) >= 11 is 15.3. The van der Waals surface area contributed by atoms with Gasteiger partial charge in [0.15, 0.2) is 0 Å². The number of carbonyl (C=O) groups is 1. The van der Waals surface area contributed by atoms with Gasteiger partial charge >= 0.3 is 0 Å². The Morgan fingerprint density at radius 1 is 1.18 bits per heavy atom. The first-order valence-corrected chi connectivity index (χ1v) is 8.18. The molecule has 22 heavy (non-hydrogen) atoms. The van der Waals surface area contributed by atoms with Gasteiger partial charge in [-0.15, -0.1) is 6.58 Å². The Hall–Kier alpha value is -1.29. The van der Waals surface area contributed by atoms with Crippen molar-refractivity contribution in [3.63, 3.8) is 0 Å². The molecule has 0 spiro atoms. The van der Waals surface area contributed by atoms with E-state index in [9.17, 15) is 4.79 Å². The molecular weight excluding hydrogens is 385 g/mol. The molecule has 0 aliphatic heterocycles. The van der Waals surface area contributed by atoms with Crippen LogP contribution < -0.4 is 5.32 Å². The third kappa shape index (κ3) is 4.60. The second-order valence-electron chi connectivity index (χ2n) is 4.78. The Kier molecular flexibility index (Phi) is 6.07. The fourth-order valence-electron chi connectivity index (χ4n) is 2.11. The molecule has 1 unspecified atom stereocenters. The third-order valence-electron chi connectivity index (χ3n) is 3.12. The summed E-state index contributed by atoms with van der Waals surface area (Å²) in [5, 5.41) is 3.81. The Morgan fingerprint density at radius 3 is 2.32 bits per heavy atom. The number of benzene rings is 2. The van der Waals surface area contributed by atoms with Crippen LogP contribution in [0.2, 0.25) is 10.0 Å². The average molecular weight is 399 g/mol. The van der Waals surface area contributed by atoms with Crippen LogP contribution >= 0.6 is 39.1 Å². The first kappa shape index (κ1) is 17.1. The van der Waals surface area contributed by atoms with Gasteiger partial charge in [-0.3, -0.25) is 4.79 Å². The minimum Gasteiger partial charge on any atom is -0.325 e. The van der Waals surface area contributed by atoms with Gasteiger partial charge in [0.05, 0.1) is 5.92 Å². The van der Waals surface area contributed by atoms with Crippen molar-refractivity contribution < 1.29 is 4.79 Å². The van der Waals surface area contributed by atoms with Crippen LogP contribution in [0.1, 0.15) is 17.9 Å². The van der Waals surface area contributed by atoms with Crippen molar-refractivity contribution in [3.05, 3.63) is 75.2 Å². The molecule has 0 saturated carbocycles. The van der Waals surface area contributed by atoms with E-state index >= 15 is 0 Å². The van der Waals surface area contributed by atoms with Crippen molar-refractivity contribution in [2.45, 2.75) is 12.3 Å². The normalized spacial score (nSPS) is 11.8. The molecule has 1 N–H and O–H groups in total. The fourth-order valence-corrected chi connectivity index (χ4v) is 2.90. The monoisotopic (exact) mass is 397 g/mol. The maximum Gasteiger partial charge on any atom is 0.232 e. The summed E-state index contributed by atoms with van der Waals surface area (Å²) < 4.78 is 0.968. The van der Waals surface area contributed by atoms with Crippen molar-refractivity contribution in [3.8, 4) is 0 Å². The maximum absolute atomic E-state index is 12.6. The molecule has 0 heterocycles. The molecule has 0 saturated heterocycles. The van der Waals surface area contributed by atoms with Crippen LogP contribution in [0.3, 0.4) is 0 Å². The Bertz CT molecular complexity index is 665. The zero-order valence-electron chi connectivity index (χ0n) is 11.7. The molecule has 2 aromatic carbocycles. The average Bonchev–Trinajstić information content (AvgIpc) is 2.44. The molecule has 1 amide bonds. The summed E-state index contributed by atoms with van der Waals surface area (Å²) in [6.07, 6.45) is 2.28. The van der Waals surface area contributed by atoms with E-state index in [0.717, 1.165) is 10.0 Å². The largest absolute Gasteiger partial charge is 0.325 e. The maximum atomic E-state index is 12.6. The van der Waals surface area contributed by atoms with Crippen LogP contribution in [0.4, 0.5) is 5.69 Å². The predicted octanol–water partition coefficient (Wildman–Crippen LogP) is 6.05. The lowest BCUT2D eigenvalue weighted by Crippen LogP contribution is -2.20. The zero-order valence-corrected chi connectivity index (χ0v) is 14.8. The molecule has 114 valence electrons. The summed E-state index contributed by atoms with van der Waals surface area (Å²) in [4.78, 5) is 12.6. The lowest BCUT2D eigenvalue weighted by molar-refractivity contribution is -0.117. The first-order chi connectivity index (χ1) is 10.5. The van der Waals surface area contributed by atoms with Gasteiger partial charge in [-0.25, -0.2) is 0 Å². The molecule has 0 aromatic heterocycles.